The highest BCUT2D eigenvalue weighted by atomic mass is 16.1. The van der Waals surface area contributed by atoms with E-state index in [4.69, 9.17) is 11.5 Å². The first-order valence-corrected chi connectivity index (χ1v) is 3.95. The van der Waals surface area contributed by atoms with Crippen LogP contribution in [-0.4, -0.2) is 24.5 Å². The summed E-state index contributed by atoms with van der Waals surface area (Å²) in [5.41, 5.74) is 10.6. The zero-order valence-corrected chi connectivity index (χ0v) is 6.55. The molecule has 0 heterocycles. The number of nitrogens with one attached hydrogen (secondary N) is 1. The number of primary amides is 1. The second-order valence-electron chi connectivity index (χ2n) is 3.12. The highest BCUT2D eigenvalue weighted by Gasteiger charge is 2.20. The van der Waals surface area contributed by atoms with Gasteiger partial charge in [0, 0.05) is 12.1 Å². The Morgan fingerprint density at radius 1 is 1.55 bits per heavy atom. The molecule has 0 aliphatic heterocycles. The summed E-state index contributed by atoms with van der Waals surface area (Å²) in [5.74, 6) is -0.300. The van der Waals surface area contributed by atoms with Crippen molar-refractivity contribution in [1.29, 1.82) is 0 Å². The molecule has 11 heavy (non-hydrogen) atoms. The van der Waals surface area contributed by atoms with Crippen LogP contribution in [0.2, 0.25) is 0 Å². The van der Waals surface area contributed by atoms with Crippen molar-refractivity contribution in [2.24, 2.45) is 11.5 Å². The first kappa shape index (κ1) is 8.49. The molecule has 0 bridgehead atoms. The van der Waals surface area contributed by atoms with Crippen LogP contribution in [0.15, 0.2) is 0 Å². The Morgan fingerprint density at radius 3 is 2.73 bits per heavy atom. The number of carbonyl (C=O) groups excluding carboxylic acids is 1. The first-order chi connectivity index (χ1) is 5.18. The predicted octanol–water partition coefficient (Wildman–Crippen LogP) is -1.06. The summed E-state index contributed by atoms with van der Waals surface area (Å²) in [4.78, 5) is 10.4. The van der Waals surface area contributed by atoms with Crippen LogP contribution in [0.1, 0.15) is 19.3 Å². The van der Waals surface area contributed by atoms with Gasteiger partial charge in [-0.05, 0) is 19.3 Å². The Bertz CT molecular complexity index is 149. The quantitative estimate of drug-likeness (QED) is 0.488. The van der Waals surface area contributed by atoms with Gasteiger partial charge in [0.1, 0.15) is 0 Å². The van der Waals surface area contributed by atoms with Gasteiger partial charge in [-0.1, -0.05) is 0 Å². The molecule has 1 rings (SSSR count). The number of hydrogen-bond acceptors (Lipinski definition) is 3. The average Bonchev–Trinajstić information content (AvgIpc) is 2.31. The van der Waals surface area contributed by atoms with Gasteiger partial charge >= 0.3 is 0 Å². The summed E-state index contributed by atoms with van der Waals surface area (Å²) in [6, 6.07) is 0.706. The van der Waals surface area contributed by atoms with Crippen molar-refractivity contribution < 1.29 is 4.79 Å². The molecule has 1 aliphatic rings. The van der Waals surface area contributed by atoms with Crippen molar-refractivity contribution in [2.45, 2.75) is 31.3 Å². The van der Waals surface area contributed by atoms with E-state index in [0.717, 1.165) is 19.3 Å². The third kappa shape index (κ3) is 2.86. The van der Waals surface area contributed by atoms with Crippen molar-refractivity contribution in [1.82, 2.24) is 5.32 Å². The fourth-order valence-corrected chi connectivity index (χ4v) is 1.45. The maximum atomic E-state index is 10.4. The molecule has 0 aromatic heterocycles. The molecule has 0 spiro atoms. The minimum Gasteiger partial charge on any atom is -0.369 e. The Morgan fingerprint density at radius 2 is 2.27 bits per heavy atom. The van der Waals surface area contributed by atoms with Crippen LogP contribution in [0.4, 0.5) is 0 Å². The SMILES string of the molecule is NC(=O)CNC1CCC(N)C1. The smallest absolute Gasteiger partial charge is 0.231 e. The van der Waals surface area contributed by atoms with E-state index in [9.17, 15) is 4.79 Å². The lowest BCUT2D eigenvalue weighted by atomic mass is 10.2. The van der Waals surface area contributed by atoms with Crippen LogP contribution in [-0.2, 0) is 4.79 Å². The minimum atomic E-state index is -0.300. The number of hydrogen-bond donors (Lipinski definition) is 3. The van der Waals surface area contributed by atoms with E-state index in [1.807, 2.05) is 0 Å². The number of rotatable bonds is 3. The molecular formula is C7H15N3O. The maximum Gasteiger partial charge on any atom is 0.231 e. The third-order valence-electron chi connectivity index (χ3n) is 2.04. The molecule has 1 amide bonds. The Hall–Kier alpha value is -0.610. The van der Waals surface area contributed by atoms with Gasteiger partial charge in [0.2, 0.25) is 5.91 Å². The standard InChI is InChI=1S/C7H15N3O/c8-5-1-2-6(3-5)10-4-7(9)11/h5-6,10H,1-4,8H2,(H2,9,11). The van der Waals surface area contributed by atoms with Crippen molar-refractivity contribution in [3.63, 3.8) is 0 Å². The zero-order chi connectivity index (χ0) is 8.27. The van der Waals surface area contributed by atoms with Gasteiger partial charge < -0.3 is 16.8 Å². The molecule has 4 nitrogen and oxygen atoms in total. The monoisotopic (exact) mass is 157 g/mol. The van der Waals surface area contributed by atoms with Crippen molar-refractivity contribution in [3.05, 3.63) is 0 Å². The molecule has 5 N–H and O–H groups in total. The van der Waals surface area contributed by atoms with Crippen molar-refractivity contribution in [3.8, 4) is 0 Å². The Kier molecular flexibility index (Phi) is 2.84. The van der Waals surface area contributed by atoms with E-state index in [-0.39, 0.29) is 12.5 Å². The van der Waals surface area contributed by atoms with Crippen LogP contribution < -0.4 is 16.8 Å². The summed E-state index contributed by atoms with van der Waals surface area (Å²) in [7, 11) is 0. The average molecular weight is 157 g/mol. The van der Waals surface area contributed by atoms with Crippen molar-refractivity contribution >= 4 is 5.91 Å². The van der Waals surface area contributed by atoms with Gasteiger partial charge in [-0.3, -0.25) is 4.79 Å². The molecule has 0 aromatic rings. The summed E-state index contributed by atoms with van der Waals surface area (Å²) < 4.78 is 0. The molecule has 2 atom stereocenters. The third-order valence-corrected chi connectivity index (χ3v) is 2.04. The second kappa shape index (κ2) is 3.69. The minimum absolute atomic E-state index is 0.275. The largest absolute Gasteiger partial charge is 0.369 e. The van der Waals surface area contributed by atoms with E-state index in [1.54, 1.807) is 0 Å². The van der Waals surface area contributed by atoms with Crippen LogP contribution in [0.25, 0.3) is 0 Å². The summed E-state index contributed by atoms with van der Waals surface area (Å²) >= 11 is 0. The number of carbonyl (C=O) groups is 1. The molecule has 2 unspecified atom stereocenters. The Balaban J connectivity index is 2.13. The lowest BCUT2D eigenvalue weighted by Crippen LogP contribution is -2.35. The zero-order valence-electron chi connectivity index (χ0n) is 6.55. The topological polar surface area (TPSA) is 81.1 Å². The highest BCUT2D eigenvalue weighted by Crippen LogP contribution is 2.16. The lowest BCUT2D eigenvalue weighted by molar-refractivity contribution is -0.117. The predicted molar refractivity (Wildman–Crippen MR) is 42.8 cm³/mol. The van der Waals surface area contributed by atoms with E-state index < -0.39 is 0 Å². The lowest BCUT2D eigenvalue weighted by Gasteiger charge is -2.09. The summed E-state index contributed by atoms with van der Waals surface area (Å²) in [6.07, 6.45) is 3.08. The maximum absolute atomic E-state index is 10.4. The molecule has 0 radical (unpaired) electrons. The summed E-state index contributed by atoms with van der Waals surface area (Å²) in [6.45, 7) is 0.275. The van der Waals surface area contributed by atoms with Crippen LogP contribution in [0.3, 0.4) is 0 Å². The van der Waals surface area contributed by atoms with E-state index in [0.29, 0.717) is 12.1 Å². The van der Waals surface area contributed by atoms with Crippen LogP contribution in [0.5, 0.6) is 0 Å². The molecule has 1 fully saturated rings. The van der Waals surface area contributed by atoms with Gasteiger partial charge in [0.05, 0.1) is 6.54 Å². The molecule has 1 saturated carbocycles. The Labute approximate surface area is 66.3 Å². The van der Waals surface area contributed by atoms with Crippen LogP contribution >= 0.6 is 0 Å². The molecule has 64 valence electrons. The van der Waals surface area contributed by atoms with Gasteiger partial charge in [0.15, 0.2) is 0 Å². The fourth-order valence-electron chi connectivity index (χ4n) is 1.45. The molecule has 0 aromatic carbocycles. The normalized spacial score (nSPS) is 30.6. The first-order valence-electron chi connectivity index (χ1n) is 3.95. The molecular weight excluding hydrogens is 142 g/mol. The second-order valence-corrected chi connectivity index (χ2v) is 3.12. The highest BCUT2D eigenvalue weighted by molar-refractivity contribution is 5.75. The van der Waals surface area contributed by atoms with E-state index in [2.05, 4.69) is 5.32 Å². The molecule has 1 aliphatic carbocycles. The molecule has 4 heteroatoms. The van der Waals surface area contributed by atoms with Gasteiger partial charge in [-0.15, -0.1) is 0 Å². The van der Waals surface area contributed by atoms with Gasteiger partial charge in [-0.2, -0.15) is 0 Å². The van der Waals surface area contributed by atoms with Crippen LogP contribution in [0, 0.1) is 0 Å². The number of amides is 1. The number of nitrogens with two attached hydrogens (primary N) is 2. The van der Waals surface area contributed by atoms with Gasteiger partial charge in [-0.25, -0.2) is 0 Å². The van der Waals surface area contributed by atoms with Crippen molar-refractivity contribution in [2.75, 3.05) is 6.54 Å². The van der Waals surface area contributed by atoms with E-state index in [1.165, 1.54) is 0 Å². The fraction of sp³-hybridized carbons (Fsp3) is 0.857. The van der Waals surface area contributed by atoms with E-state index >= 15 is 0 Å². The molecule has 0 saturated heterocycles. The summed E-state index contributed by atoms with van der Waals surface area (Å²) in [5, 5.41) is 3.06. The van der Waals surface area contributed by atoms with Gasteiger partial charge in [0.25, 0.3) is 0 Å².